The van der Waals surface area contributed by atoms with Gasteiger partial charge >= 0.3 is 0 Å². The third kappa shape index (κ3) is 3.66. The highest BCUT2D eigenvalue weighted by Gasteiger charge is 2.13. The van der Waals surface area contributed by atoms with E-state index in [1.54, 1.807) is 0 Å². The second-order valence-electron chi connectivity index (χ2n) is 4.72. The lowest BCUT2D eigenvalue weighted by atomic mass is 10.2. The molecule has 22 heavy (non-hydrogen) atoms. The van der Waals surface area contributed by atoms with E-state index in [0.717, 1.165) is 28.9 Å². The summed E-state index contributed by atoms with van der Waals surface area (Å²) in [4.78, 5) is 35.8. The quantitative estimate of drug-likeness (QED) is 0.892. The fourth-order valence-corrected chi connectivity index (χ4v) is 1.83. The number of halogens is 2. The molecule has 6 nitrogen and oxygen atoms in total. The summed E-state index contributed by atoms with van der Waals surface area (Å²) in [6.45, 7) is -0.467. The summed E-state index contributed by atoms with van der Waals surface area (Å²) in [7, 11) is 1.41. The molecule has 0 aliphatic carbocycles. The first kappa shape index (κ1) is 15.6. The van der Waals surface area contributed by atoms with Crippen molar-refractivity contribution in [2.75, 3.05) is 7.05 Å². The maximum Gasteiger partial charge on any atom is 0.265 e. The van der Waals surface area contributed by atoms with Gasteiger partial charge in [-0.2, -0.15) is 0 Å². The van der Waals surface area contributed by atoms with Crippen LogP contribution in [0.15, 0.2) is 39.9 Å². The van der Waals surface area contributed by atoms with E-state index in [0.29, 0.717) is 0 Å². The van der Waals surface area contributed by atoms with Crippen LogP contribution in [-0.2, 0) is 17.9 Å². The molecule has 0 aliphatic heterocycles. The first-order chi connectivity index (χ1) is 10.4. The molecule has 1 N–H and O–H groups in total. The van der Waals surface area contributed by atoms with Gasteiger partial charge in [0.15, 0.2) is 0 Å². The number of benzene rings is 1. The molecule has 1 amide bonds. The highest BCUT2D eigenvalue weighted by Crippen LogP contribution is 2.11. The van der Waals surface area contributed by atoms with E-state index in [1.165, 1.54) is 18.0 Å². The highest BCUT2D eigenvalue weighted by molar-refractivity contribution is 5.75. The first-order valence-corrected chi connectivity index (χ1v) is 6.35. The second-order valence-corrected chi connectivity index (χ2v) is 4.72. The predicted molar refractivity (Wildman–Crippen MR) is 74.2 cm³/mol. The van der Waals surface area contributed by atoms with Crippen molar-refractivity contribution in [3.05, 3.63) is 68.2 Å². The van der Waals surface area contributed by atoms with Crippen LogP contribution in [0.25, 0.3) is 0 Å². The summed E-state index contributed by atoms with van der Waals surface area (Å²) in [5, 5.41) is 2.22. The standard InChI is InChI=1S/C14H13F2N3O3/c1-18(7-9-2-3-10(15)6-11(9)16)14(22)8-19-13(21)5-4-12(20)17-19/h2-6H,7-8H2,1H3,(H,17,20). The van der Waals surface area contributed by atoms with Gasteiger partial charge in [0.2, 0.25) is 5.91 Å². The minimum Gasteiger partial charge on any atom is -0.340 e. The predicted octanol–water partition coefficient (Wildman–Crippen LogP) is 0.473. The van der Waals surface area contributed by atoms with Gasteiger partial charge in [0.05, 0.1) is 0 Å². The van der Waals surface area contributed by atoms with Gasteiger partial charge in [-0.05, 0) is 6.07 Å². The molecule has 0 atom stereocenters. The summed E-state index contributed by atoms with van der Waals surface area (Å²) < 4.78 is 27.2. The average molecular weight is 309 g/mol. The van der Waals surface area contributed by atoms with E-state index < -0.39 is 28.7 Å². The molecule has 1 aromatic carbocycles. The molecule has 0 saturated heterocycles. The van der Waals surface area contributed by atoms with Gasteiger partial charge in [-0.25, -0.2) is 13.5 Å². The molecular weight excluding hydrogens is 296 g/mol. The molecule has 0 fully saturated rings. The number of amides is 1. The maximum atomic E-state index is 13.5. The largest absolute Gasteiger partial charge is 0.340 e. The van der Waals surface area contributed by atoms with E-state index in [-0.39, 0.29) is 18.7 Å². The minimum absolute atomic E-state index is 0.0865. The number of likely N-dealkylation sites (N-methyl/N-ethyl adjacent to an activating group) is 1. The summed E-state index contributed by atoms with van der Waals surface area (Å²) in [6, 6.07) is 5.17. The molecule has 0 unspecified atom stereocenters. The Hall–Kier alpha value is -2.77. The van der Waals surface area contributed by atoms with Crippen molar-refractivity contribution in [2.24, 2.45) is 0 Å². The SMILES string of the molecule is CN(Cc1ccc(F)cc1F)C(=O)Cn1[nH]c(=O)ccc1=O. The number of aromatic amines is 1. The third-order valence-corrected chi connectivity index (χ3v) is 3.03. The van der Waals surface area contributed by atoms with Crippen LogP contribution < -0.4 is 11.1 Å². The van der Waals surface area contributed by atoms with Crippen molar-refractivity contribution in [3.63, 3.8) is 0 Å². The molecule has 2 rings (SSSR count). The lowest BCUT2D eigenvalue weighted by Crippen LogP contribution is -2.36. The van der Waals surface area contributed by atoms with E-state index in [1.807, 2.05) is 0 Å². The minimum atomic E-state index is -0.759. The van der Waals surface area contributed by atoms with Crippen molar-refractivity contribution in [1.29, 1.82) is 0 Å². The normalized spacial score (nSPS) is 10.5. The summed E-state index contributed by atoms with van der Waals surface area (Å²) in [6.07, 6.45) is 0. The van der Waals surface area contributed by atoms with Crippen molar-refractivity contribution >= 4 is 5.91 Å². The fourth-order valence-electron chi connectivity index (χ4n) is 1.83. The number of H-pyrrole nitrogens is 1. The van der Waals surface area contributed by atoms with Crippen LogP contribution in [0.4, 0.5) is 8.78 Å². The maximum absolute atomic E-state index is 13.5. The zero-order valence-corrected chi connectivity index (χ0v) is 11.7. The number of nitrogens with zero attached hydrogens (tertiary/aromatic N) is 2. The Morgan fingerprint density at radius 2 is 1.95 bits per heavy atom. The molecular formula is C14H13F2N3O3. The number of aromatic nitrogens is 2. The Morgan fingerprint density at radius 1 is 1.23 bits per heavy atom. The smallest absolute Gasteiger partial charge is 0.265 e. The van der Waals surface area contributed by atoms with E-state index in [2.05, 4.69) is 5.10 Å². The molecule has 116 valence electrons. The molecule has 8 heteroatoms. The zero-order valence-electron chi connectivity index (χ0n) is 11.7. The number of carbonyl (C=O) groups excluding carboxylic acids is 1. The summed E-state index contributed by atoms with van der Waals surface area (Å²) in [5.74, 6) is -1.97. The number of rotatable bonds is 4. The molecule has 2 aromatic rings. The van der Waals surface area contributed by atoms with Crippen LogP contribution in [0.2, 0.25) is 0 Å². The van der Waals surface area contributed by atoms with Gasteiger partial charge < -0.3 is 4.90 Å². The van der Waals surface area contributed by atoms with Gasteiger partial charge in [0.25, 0.3) is 11.1 Å². The summed E-state index contributed by atoms with van der Waals surface area (Å²) in [5.41, 5.74) is -0.903. The lowest BCUT2D eigenvalue weighted by Gasteiger charge is -2.18. The van der Waals surface area contributed by atoms with Crippen molar-refractivity contribution < 1.29 is 13.6 Å². The topological polar surface area (TPSA) is 75.2 Å². The Balaban J connectivity index is 2.10. The highest BCUT2D eigenvalue weighted by atomic mass is 19.1. The number of hydrogen-bond donors (Lipinski definition) is 1. The molecule has 1 heterocycles. The van der Waals surface area contributed by atoms with Gasteiger partial charge in [0, 0.05) is 37.4 Å². The van der Waals surface area contributed by atoms with Gasteiger partial charge in [-0.1, -0.05) is 6.07 Å². The van der Waals surface area contributed by atoms with E-state index in [9.17, 15) is 23.2 Å². The number of nitrogens with one attached hydrogen (secondary N) is 1. The first-order valence-electron chi connectivity index (χ1n) is 6.35. The molecule has 0 bridgehead atoms. The van der Waals surface area contributed by atoms with Gasteiger partial charge in [0.1, 0.15) is 18.2 Å². The molecule has 0 aliphatic rings. The molecule has 0 radical (unpaired) electrons. The lowest BCUT2D eigenvalue weighted by molar-refractivity contribution is -0.131. The molecule has 0 spiro atoms. The molecule has 0 saturated carbocycles. The van der Waals surface area contributed by atoms with Crippen LogP contribution in [0, 0.1) is 11.6 Å². The van der Waals surface area contributed by atoms with Crippen molar-refractivity contribution in [2.45, 2.75) is 13.1 Å². The zero-order chi connectivity index (χ0) is 16.3. The number of carbonyl (C=O) groups is 1. The van der Waals surface area contributed by atoms with E-state index >= 15 is 0 Å². The fraction of sp³-hybridized carbons (Fsp3) is 0.214. The Labute approximate surface area is 123 Å². The summed E-state index contributed by atoms with van der Waals surface area (Å²) >= 11 is 0. The van der Waals surface area contributed by atoms with Crippen molar-refractivity contribution in [1.82, 2.24) is 14.7 Å². The van der Waals surface area contributed by atoms with Gasteiger partial charge in [-0.3, -0.25) is 19.5 Å². The van der Waals surface area contributed by atoms with Crippen molar-refractivity contribution in [3.8, 4) is 0 Å². The van der Waals surface area contributed by atoms with Crippen LogP contribution in [0.5, 0.6) is 0 Å². The Bertz CT molecular complexity index is 813. The average Bonchev–Trinajstić information content (AvgIpc) is 2.45. The Kier molecular flexibility index (Phi) is 4.50. The van der Waals surface area contributed by atoms with E-state index in [4.69, 9.17) is 0 Å². The Morgan fingerprint density at radius 3 is 2.64 bits per heavy atom. The van der Waals surface area contributed by atoms with Crippen LogP contribution in [0.1, 0.15) is 5.56 Å². The van der Waals surface area contributed by atoms with Crippen LogP contribution >= 0.6 is 0 Å². The van der Waals surface area contributed by atoms with Crippen LogP contribution in [-0.4, -0.2) is 27.6 Å². The van der Waals surface area contributed by atoms with Gasteiger partial charge in [-0.15, -0.1) is 0 Å². The second kappa shape index (κ2) is 6.33. The monoisotopic (exact) mass is 309 g/mol. The van der Waals surface area contributed by atoms with Crippen LogP contribution in [0.3, 0.4) is 0 Å². The third-order valence-electron chi connectivity index (χ3n) is 3.03. The number of hydrogen-bond acceptors (Lipinski definition) is 3. The molecule has 1 aromatic heterocycles.